The smallest absolute Gasteiger partial charge is 0.265 e. The zero-order valence-corrected chi connectivity index (χ0v) is 15.9. The molecule has 0 atom stereocenters. The molecule has 29 heavy (non-hydrogen) atoms. The first-order valence-corrected chi connectivity index (χ1v) is 9.11. The quantitative estimate of drug-likeness (QED) is 0.567. The third-order valence-electron chi connectivity index (χ3n) is 4.78. The van der Waals surface area contributed by atoms with Gasteiger partial charge in [-0.2, -0.15) is 0 Å². The zero-order chi connectivity index (χ0) is 20.5. The normalized spacial score (nSPS) is 10.9. The Balaban J connectivity index is 1.71. The van der Waals surface area contributed by atoms with E-state index in [1.807, 2.05) is 13.0 Å². The van der Waals surface area contributed by atoms with Gasteiger partial charge < -0.3 is 5.32 Å². The van der Waals surface area contributed by atoms with Gasteiger partial charge in [-0.05, 0) is 61.9 Å². The molecular formula is C23H18FN3O2. The number of nitrogens with zero attached hydrogens (tertiary/aromatic N) is 2. The van der Waals surface area contributed by atoms with Crippen LogP contribution in [-0.2, 0) is 0 Å². The van der Waals surface area contributed by atoms with Gasteiger partial charge in [-0.1, -0.05) is 24.3 Å². The molecule has 0 unspecified atom stereocenters. The first-order valence-electron chi connectivity index (χ1n) is 9.11. The van der Waals surface area contributed by atoms with Crippen molar-refractivity contribution in [1.82, 2.24) is 9.55 Å². The molecule has 1 heterocycles. The third kappa shape index (κ3) is 3.40. The highest BCUT2D eigenvalue weighted by Gasteiger charge is 2.14. The fourth-order valence-corrected chi connectivity index (χ4v) is 3.31. The van der Waals surface area contributed by atoms with Gasteiger partial charge in [-0.3, -0.25) is 14.2 Å². The number of anilines is 1. The Hall–Kier alpha value is -3.80. The van der Waals surface area contributed by atoms with E-state index in [1.54, 1.807) is 49.4 Å². The molecular weight excluding hydrogens is 369 g/mol. The highest BCUT2D eigenvalue weighted by atomic mass is 19.1. The number of para-hydroxylation sites is 1. The van der Waals surface area contributed by atoms with Crippen LogP contribution in [0.1, 0.15) is 21.7 Å². The molecule has 0 saturated heterocycles. The summed E-state index contributed by atoms with van der Waals surface area (Å²) < 4.78 is 15.4. The van der Waals surface area contributed by atoms with E-state index in [4.69, 9.17) is 0 Å². The van der Waals surface area contributed by atoms with Gasteiger partial charge in [0.1, 0.15) is 11.6 Å². The molecule has 6 heteroatoms. The van der Waals surface area contributed by atoms with E-state index in [0.29, 0.717) is 28.1 Å². The van der Waals surface area contributed by atoms with Gasteiger partial charge in [0.25, 0.3) is 11.5 Å². The maximum atomic E-state index is 13.8. The monoisotopic (exact) mass is 387 g/mol. The van der Waals surface area contributed by atoms with Gasteiger partial charge in [0.15, 0.2) is 0 Å². The number of aryl methyl sites for hydroxylation is 2. The average molecular weight is 387 g/mol. The highest BCUT2D eigenvalue weighted by Crippen LogP contribution is 2.21. The van der Waals surface area contributed by atoms with Crippen LogP contribution in [0.2, 0.25) is 0 Å². The minimum absolute atomic E-state index is 0.0261. The summed E-state index contributed by atoms with van der Waals surface area (Å²) in [5.74, 6) is -0.542. The van der Waals surface area contributed by atoms with Crippen molar-refractivity contribution in [2.24, 2.45) is 0 Å². The Morgan fingerprint density at radius 3 is 2.48 bits per heavy atom. The van der Waals surface area contributed by atoms with Crippen molar-refractivity contribution in [2.75, 3.05) is 5.32 Å². The van der Waals surface area contributed by atoms with Gasteiger partial charge in [-0.15, -0.1) is 0 Å². The minimum Gasteiger partial charge on any atom is -0.322 e. The lowest BCUT2D eigenvalue weighted by Crippen LogP contribution is -2.22. The van der Waals surface area contributed by atoms with E-state index in [0.717, 1.165) is 5.56 Å². The van der Waals surface area contributed by atoms with Gasteiger partial charge in [0.2, 0.25) is 0 Å². The first-order chi connectivity index (χ1) is 14.0. The molecule has 0 saturated carbocycles. The number of carbonyl (C=O) groups is 1. The van der Waals surface area contributed by atoms with Crippen LogP contribution in [0.4, 0.5) is 10.1 Å². The van der Waals surface area contributed by atoms with Crippen LogP contribution in [0.3, 0.4) is 0 Å². The summed E-state index contributed by atoms with van der Waals surface area (Å²) in [5.41, 5.74) is 2.40. The van der Waals surface area contributed by atoms with Crippen LogP contribution in [0.5, 0.6) is 0 Å². The lowest BCUT2D eigenvalue weighted by Gasteiger charge is -2.14. The van der Waals surface area contributed by atoms with Crippen LogP contribution >= 0.6 is 0 Å². The standard InChI is InChI=1S/C23H18FN3O2/c1-14-13-16(27-15(2)25-21-10-6-4-8-18(21)23(27)29)11-12-20(14)26-22(28)17-7-3-5-9-19(17)24/h3-13H,1-2H3,(H,26,28). The van der Waals surface area contributed by atoms with E-state index in [2.05, 4.69) is 10.3 Å². The van der Waals surface area contributed by atoms with Crippen molar-refractivity contribution < 1.29 is 9.18 Å². The largest absolute Gasteiger partial charge is 0.322 e. The number of carbonyl (C=O) groups excluding carboxylic acids is 1. The first kappa shape index (κ1) is 18.6. The Morgan fingerprint density at radius 1 is 1.00 bits per heavy atom. The van der Waals surface area contributed by atoms with E-state index >= 15 is 0 Å². The summed E-state index contributed by atoms with van der Waals surface area (Å²) in [6.45, 7) is 3.59. The number of benzene rings is 3. The predicted octanol–water partition coefficient (Wildman–Crippen LogP) is 4.39. The SMILES string of the molecule is Cc1cc(-n2c(C)nc3ccccc3c2=O)ccc1NC(=O)c1ccccc1F. The van der Waals surface area contributed by atoms with Crippen molar-refractivity contribution in [3.63, 3.8) is 0 Å². The lowest BCUT2D eigenvalue weighted by atomic mass is 10.1. The number of aromatic nitrogens is 2. The maximum absolute atomic E-state index is 13.8. The molecule has 1 aromatic heterocycles. The number of amides is 1. The fraction of sp³-hybridized carbons (Fsp3) is 0.0870. The predicted molar refractivity (Wildman–Crippen MR) is 111 cm³/mol. The van der Waals surface area contributed by atoms with Crippen LogP contribution in [-0.4, -0.2) is 15.5 Å². The maximum Gasteiger partial charge on any atom is 0.265 e. The fourth-order valence-electron chi connectivity index (χ4n) is 3.31. The molecule has 5 nitrogen and oxygen atoms in total. The van der Waals surface area contributed by atoms with Crippen molar-refractivity contribution in [3.05, 3.63) is 99.9 Å². The minimum atomic E-state index is -0.580. The molecule has 1 N–H and O–H groups in total. The summed E-state index contributed by atoms with van der Waals surface area (Å²) in [5, 5.41) is 3.26. The van der Waals surface area contributed by atoms with E-state index in [1.165, 1.54) is 22.8 Å². The molecule has 0 spiro atoms. The Labute approximate surface area is 166 Å². The average Bonchev–Trinajstić information content (AvgIpc) is 2.70. The lowest BCUT2D eigenvalue weighted by molar-refractivity contribution is 0.102. The molecule has 0 bridgehead atoms. The molecule has 144 valence electrons. The van der Waals surface area contributed by atoms with Crippen molar-refractivity contribution in [2.45, 2.75) is 13.8 Å². The number of hydrogen-bond donors (Lipinski definition) is 1. The van der Waals surface area contributed by atoms with Crippen LogP contribution in [0.15, 0.2) is 71.5 Å². The zero-order valence-electron chi connectivity index (χ0n) is 15.9. The van der Waals surface area contributed by atoms with E-state index in [-0.39, 0.29) is 11.1 Å². The van der Waals surface area contributed by atoms with Crippen LogP contribution in [0.25, 0.3) is 16.6 Å². The highest BCUT2D eigenvalue weighted by molar-refractivity contribution is 6.04. The van der Waals surface area contributed by atoms with E-state index < -0.39 is 11.7 Å². The molecule has 1 amide bonds. The molecule has 0 radical (unpaired) electrons. The topological polar surface area (TPSA) is 64.0 Å². The number of fused-ring (bicyclic) bond motifs is 1. The van der Waals surface area contributed by atoms with Gasteiger partial charge >= 0.3 is 0 Å². The van der Waals surface area contributed by atoms with Gasteiger partial charge in [0, 0.05) is 5.69 Å². The summed E-state index contributed by atoms with van der Waals surface area (Å²) in [4.78, 5) is 29.9. The van der Waals surface area contributed by atoms with E-state index in [9.17, 15) is 14.0 Å². The molecule has 0 aliphatic rings. The molecule has 0 aliphatic heterocycles. The van der Waals surface area contributed by atoms with Crippen molar-refractivity contribution >= 4 is 22.5 Å². The van der Waals surface area contributed by atoms with Crippen molar-refractivity contribution in [1.29, 1.82) is 0 Å². The molecule has 4 rings (SSSR count). The molecule has 0 fully saturated rings. The second-order valence-electron chi connectivity index (χ2n) is 6.75. The summed E-state index contributed by atoms with van der Waals surface area (Å²) in [6, 6.07) is 18.2. The molecule has 0 aliphatic carbocycles. The number of rotatable bonds is 3. The molecule has 4 aromatic rings. The summed E-state index contributed by atoms with van der Waals surface area (Å²) in [7, 11) is 0. The number of nitrogens with one attached hydrogen (secondary N) is 1. The Kier molecular flexibility index (Phi) is 4.68. The Bertz CT molecular complexity index is 1310. The van der Waals surface area contributed by atoms with Crippen molar-refractivity contribution in [3.8, 4) is 5.69 Å². The second kappa shape index (κ2) is 7.31. The summed E-state index contributed by atoms with van der Waals surface area (Å²) >= 11 is 0. The number of halogens is 1. The van der Waals surface area contributed by atoms with Crippen LogP contribution < -0.4 is 10.9 Å². The Morgan fingerprint density at radius 2 is 1.72 bits per heavy atom. The third-order valence-corrected chi connectivity index (χ3v) is 4.78. The van der Waals surface area contributed by atoms with Gasteiger partial charge in [0.05, 0.1) is 22.2 Å². The molecule has 3 aromatic carbocycles. The second-order valence-corrected chi connectivity index (χ2v) is 6.75. The number of hydrogen-bond acceptors (Lipinski definition) is 3. The van der Waals surface area contributed by atoms with Gasteiger partial charge in [-0.25, -0.2) is 9.37 Å². The summed E-state index contributed by atoms with van der Waals surface area (Å²) in [6.07, 6.45) is 0. The van der Waals surface area contributed by atoms with Crippen LogP contribution in [0, 0.1) is 19.7 Å².